The van der Waals surface area contributed by atoms with Gasteiger partial charge in [0.25, 0.3) is 0 Å². The summed E-state index contributed by atoms with van der Waals surface area (Å²) >= 11 is 0. The van der Waals surface area contributed by atoms with Crippen LogP contribution in [0.1, 0.15) is 226 Å². The molecule has 0 aromatic carbocycles. The molecule has 0 saturated carbocycles. The van der Waals surface area contributed by atoms with Crippen LogP contribution >= 0.6 is 0 Å². The maximum atomic E-state index is 12.5. The number of carbonyl (C=O) groups excluding carboxylic acids is 3. The highest BCUT2D eigenvalue weighted by Crippen LogP contribution is 2.15. The Labute approximate surface area is 303 Å². The minimum Gasteiger partial charge on any atom is -0.462 e. The largest absolute Gasteiger partial charge is 0.462 e. The van der Waals surface area contributed by atoms with Crippen LogP contribution in [0.5, 0.6) is 0 Å². The van der Waals surface area contributed by atoms with Gasteiger partial charge in [-0.15, -0.1) is 0 Å². The molecule has 0 saturated heterocycles. The number of ether oxygens (including phenoxy) is 3. The molecule has 0 rings (SSSR count). The number of rotatable bonds is 38. The fourth-order valence-corrected chi connectivity index (χ4v) is 6.06. The van der Waals surface area contributed by atoms with Gasteiger partial charge in [-0.2, -0.15) is 0 Å². The summed E-state index contributed by atoms with van der Waals surface area (Å²) in [6.07, 6.45) is 40.4. The van der Waals surface area contributed by atoms with Crippen molar-refractivity contribution >= 4 is 17.9 Å². The van der Waals surface area contributed by atoms with Gasteiger partial charge in [0, 0.05) is 19.3 Å². The molecule has 288 valence electrons. The third-order valence-electron chi connectivity index (χ3n) is 9.24. The molecule has 6 nitrogen and oxygen atoms in total. The highest BCUT2D eigenvalue weighted by Gasteiger charge is 2.19. The molecule has 1 unspecified atom stereocenters. The first kappa shape index (κ1) is 47.1. The van der Waals surface area contributed by atoms with Crippen molar-refractivity contribution < 1.29 is 28.6 Å². The van der Waals surface area contributed by atoms with E-state index in [2.05, 4.69) is 26.0 Å². The topological polar surface area (TPSA) is 78.9 Å². The van der Waals surface area contributed by atoms with Crippen LogP contribution in [0.25, 0.3) is 0 Å². The van der Waals surface area contributed by atoms with Crippen molar-refractivity contribution in [2.75, 3.05) is 13.2 Å². The molecule has 0 heterocycles. The summed E-state index contributed by atoms with van der Waals surface area (Å²) in [7, 11) is 0. The third-order valence-corrected chi connectivity index (χ3v) is 9.24. The van der Waals surface area contributed by atoms with Crippen molar-refractivity contribution in [2.45, 2.75) is 232 Å². The second kappa shape index (κ2) is 38.9. The second-order valence-corrected chi connectivity index (χ2v) is 14.3. The van der Waals surface area contributed by atoms with Crippen molar-refractivity contribution in [3.8, 4) is 0 Å². The highest BCUT2D eigenvalue weighted by atomic mass is 16.6. The number of carbonyl (C=O) groups is 3. The number of unbranched alkanes of at least 4 members (excludes halogenated alkanes) is 25. The Hall–Kier alpha value is -1.85. The van der Waals surface area contributed by atoms with Gasteiger partial charge in [0.2, 0.25) is 0 Å². The third kappa shape index (κ3) is 37.2. The van der Waals surface area contributed by atoms with E-state index in [0.29, 0.717) is 25.7 Å². The van der Waals surface area contributed by atoms with E-state index in [1.165, 1.54) is 135 Å². The maximum absolute atomic E-state index is 12.5. The van der Waals surface area contributed by atoms with E-state index in [0.717, 1.165) is 44.9 Å². The van der Waals surface area contributed by atoms with Gasteiger partial charge in [-0.3, -0.25) is 14.4 Å². The Morgan fingerprint density at radius 1 is 0.388 bits per heavy atom. The summed E-state index contributed by atoms with van der Waals surface area (Å²) < 4.78 is 16.3. The van der Waals surface area contributed by atoms with Crippen molar-refractivity contribution in [2.24, 2.45) is 0 Å². The van der Waals surface area contributed by atoms with Gasteiger partial charge in [-0.05, 0) is 44.9 Å². The molecule has 0 aliphatic carbocycles. The second-order valence-electron chi connectivity index (χ2n) is 14.3. The molecule has 1 atom stereocenters. The van der Waals surface area contributed by atoms with E-state index in [1.54, 1.807) is 0 Å². The Balaban J connectivity index is 3.98. The minimum atomic E-state index is -0.763. The normalized spacial score (nSPS) is 12.0. The molecule has 0 bridgehead atoms. The van der Waals surface area contributed by atoms with Gasteiger partial charge in [0.1, 0.15) is 13.2 Å². The number of hydrogen-bond donors (Lipinski definition) is 0. The number of esters is 3. The van der Waals surface area contributed by atoms with Crippen LogP contribution in [-0.2, 0) is 28.6 Å². The predicted molar refractivity (Wildman–Crippen MR) is 206 cm³/mol. The standard InChI is InChI=1S/C43H80O6/c1-4-7-9-11-13-15-17-19-21-23-25-27-29-31-33-36-42(45)48-39-40(38-47-41(44)35-6-3)49-43(46)37-34-32-30-28-26-24-22-20-18-16-14-12-10-8-5-2/h20,22,40H,4-19,21,23-39H2,1-3H3/b22-20-. The highest BCUT2D eigenvalue weighted by molar-refractivity contribution is 5.71. The Morgan fingerprint density at radius 3 is 1.10 bits per heavy atom. The summed E-state index contributed by atoms with van der Waals surface area (Å²) in [4.78, 5) is 36.8. The van der Waals surface area contributed by atoms with Gasteiger partial charge in [-0.1, -0.05) is 174 Å². The molecule has 0 fully saturated rings. The fraction of sp³-hybridized carbons (Fsp3) is 0.884. The van der Waals surface area contributed by atoms with Crippen molar-refractivity contribution in [1.29, 1.82) is 0 Å². The van der Waals surface area contributed by atoms with Crippen molar-refractivity contribution in [1.82, 2.24) is 0 Å². The summed E-state index contributed by atoms with van der Waals surface area (Å²) in [5.74, 6) is -0.939. The van der Waals surface area contributed by atoms with Crippen LogP contribution < -0.4 is 0 Å². The van der Waals surface area contributed by atoms with Gasteiger partial charge in [-0.25, -0.2) is 0 Å². The first-order valence-corrected chi connectivity index (χ1v) is 21.2. The lowest BCUT2D eigenvalue weighted by Crippen LogP contribution is -2.30. The molecule has 0 amide bonds. The zero-order valence-corrected chi connectivity index (χ0v) is 32.7. The molecule has 0 aromatic heterocycles. The fourth-order valence-electron chi connectivity index (χ4n) is 6.06. The molecule has 0 aliphatic heterocycles. The first-order chi connectivity index (χ1) is 24.0. The van der Waals surface area contributed by atoms with Gasteiger partial charge < -0.3 is 14.2 Å². The van der Waals surface area contributed by atoms with Gasteiger partial charge in [0.05, 0.1) is 0 Å². The van der Waals surface area contributed by atoms with Crippen LogP contribution in [-0.4, -0.2) is 37.2 Å². The van der Waals surface area contributed by atoms with Crippen molar-refractivity contribution in [3.05, 3.63) is 12.2 Å². The van der Waals surface area contributed by atoms with Gasteiger partial charge in [0.15, 0.2) is 6.10 Å². The zero-order chi connectivity index (χ0) is 35.9. The van der Waals surface area contributed by atoms with Gasteiger partial charge >= 0.3 is 17.9 Å². The molecule has 0 aliphatic rings. The Kier molecular flexibility index (Phi) is 37.5. The lowest BCUT2D eigenvalue weighted by molar-refractivity contribution is -0.167. The molecular weight excluding hydrogens is 612 g/mol. The average Bonchev–Trinajstić information content (AvgIpc) is 3.09. The SMILES string of the molecule is CCCCCCCC/C=C\CCCCCCCC(=O)OC(COC(=O)CCC)COC(=O)CCCCCCCCCCCCCCCCC. The zero-order valence-electron chi connectivity index (χ0n) is 32.7. The summed E-state index contributed by atoms with van der Waals surface area (Å²) in [5.41, 5.74) is 0. The molecule has 49 heavy (non-hydrogen) atoms. The quantitative estimate of drug-likeness (QED) is 0.0277. The van der Waals surface area contributed by atoms with E-state index < -0.39 is 6.10 Å². The van der Waals surface area contributed by atoms with Crippen LogP contribution in [0.15, 0.2) is 12.2 Å². The monoisotopic (exact) mass is 693 g/mol. The smallest absolute Gasteiger partial charge is 0.306 e. The Bertz CT molecular complexity index is 763. The minimum absolute atomic E-state index is 0.0743. The molecule has 0 aromatic rings. The summed E-state index contributed by atoms with van der Waals surface area (Å²) in [6.45, 7) is 6.28. The van der Waals surface area contributed by atoms with E-state index in [1.807, 2.05) is 6.92 Å². The van der Waals surface area contributed by atoms with Crippen LogP contribution in [0.2, 0.25) is 0 Å². The molecule has 0 spiro atoms. The van der Waals surface area contributed by atoms with E-state index in [-0.39, 0.29) is 31.1 Å². The van der Waals surface area contributed by atoms with Crippen LogP contribution in [0, 0.1) is 0 Å². The summed E-state index contributed by atoms with van der Waals surface area (Å²) in [5, 5.41) is 0. The lowest BCUT2D eigenvalue weighted by atomic mass is 10.0. The Morgan fingerprint density at radius 2 is 0.714 bits per heavy atom. The number of allylic oxidation sites excluding steroid dienone is 2. The van der Waals surface area contributed by atoms with E-state index in [9.17, 15) is 14.4 Å². The maximum Gasteiger partial charge on any atom is 0.306 e. The first-order valence-electron chi connectivity index (χ1n) is 21.2. The van der Waals surface area contributed by atoms with Crippen LogP contribution in [0.4, 0.5) is 0 Å². The molecule has 0 radical (unpaired) electrons. The van der Waals surface area contributed by atoms with E-state index in [4.69, 9.17) is 14.2 Å². The molecule has 0 N–H and O–H groups in total. The molecule has 6 heteroatoms. The molecular formula is C43H80O6. The van der Waals surface area contributed by atoms with Crippen molar-refractivity contribution in [3.63, 3.8) is 0 Å². The summed E-state index contributed by atoms with van der Waals surface area (Å²) in [6, 6.07) is 0. The van der Waals surface area contributed by atoms with Crippen LogP contribution in [0.3, 0.4) is 0 Å². The van der Waals surface area contributed by atoms with E-state index >= 15 is 0 Å². The number of hydrogen-bond acceptors (Lipinski definition) is 6. The average molecular weight is 693 g/mol. The lowest BCUT2D eigenvalue weighted by Gasteiger charge is -2.18. The predicted octanol–water partition coefficient (Wildman–Crippen LogP) is 13.1.